The molecule has 0 aliphatic heterocycles. The van der Waals surface area contributed by atoms with E-state index in [0.29, 0.717) is 0 Å². The van der Waals surface area contributed by atoms with Gasteiger partial charge in [-0.2, -0.15) is 0 Å². The van der Waals surface area contributed by atoms with Gasteiger partial charge < -0.3 is 14.4 Å². The molecule has 0 aliphatic rings. The van der Waals surface area contributed by atoms with Gasteiger partial charge in [-0.15, -0.1) is 0 Å². The molecule has 0 saturated carbocycles. The summed E-state index contributed by atoms with van der Waals surface area (Å²) in [6.07, 6.45) is 1.05. The summed E-state index contributed by atoms with van der Waals surface area (Å²) in [6, 6.07) is 0. The van der Waals surface area contributed by atoms with Crippen LogP contribution in [0.1, 0.15) is 6.42 Å². The summed E-state index contributed by atoms with van der Waals surface area (Å²) in [5.41, 5.74) is 0. The van der Waals surface area contributed by atoms with Crippen molar-refractivity contribution in [3.05, 3.63) is 0 Å². The smallest absolute Gasteiger partial charge is 0.154 e. The Hall–Kier alpha value is 0.310. The van der Waals surface area contributed by atoms with Gasteiger partial charge >= 0.3 is 0 Å². The number of hydrogen-bond acceptors (Lipinski definition) is 3. The Labute approximate surface area is 58.1 Å². The van der Waals surface area contributed by atoms with Crippen molar-refractivity contribution < 1.29 is 9.05 Å². The van der Waals surface area contributed by atoms with E-state index in [-0.39, 0.29) is 9.03 Å². The average molecular weight is 151 g/mol. The summed E-state index contributed by atoms with van der Waals surface area (Å²) >= 11 is 0. The van der Waals surface area contributed by atoms with Crippen LogP contribution in [0.15, 0.2) is 0 Å². The van der Waals surface area contributed by atoms with Crippen LogP contribution in [0.4, 0.5) is 0 Å². The van der Waals surface area contributed by atoms with Gasteiger partial charge in [0.05, 0.1) is 6.61 Å². The fourth-order valence-electron chi connectivity index (χ4n) is 0.422. The monoisotopic (exact) mass is 151 g/mol. The summed E-state index contributed by atoms with van der Waals surface area (Å²) in [5, 5.41) is 3.03. The van der Waals surface area contributed by atoms with E-state index in [1.807, 2.05) is 7.05 Å². The summed E-state index contributed by atoms with van der Waals surface area (Å²) in [5.74, 6) is 0. The summed E-state index contributed by atoms with van der Waals surface area (Å²) in [4.78, 5) is 0. The predicted molar refractivity (Wildman–Crippen MR) is 39.8 cm³/mol. The Balaban J connectivity index is 2.60. The summed E-state index contributed by atoms with van der Waals surface area (Å²) in [6.45, 7) is 1.79. The molecule has 0 rings (SSSR count). The Kier molecular flexibility index (Phi) is 8.60. The third-order valence-electron chi connectivity index (χ3n) is 0.815. The highest BCUT2D eigenvalue weighted by atomic mass is 31.1. The molecule has 0 fully saturated rings. The van der Waals surface area contributed by atoms with E-state index in [1.165, 1.54) is 0 Å². The molecule has 0 aromatic heterocycles. The maximum atomic E-state index is 5.05. The highest BCUT2D eigenvalue weighted by molar-refractivity contribution is 7.26. The fourth-order valence-corrected chi connectivity index (χ4v) is 0.767. The van der Waals surface area contributed by atoms with Crippen molar-refractivity contribution >= 4 is 9.03 Å². The molecule has 4 heteroatoms. The summed E-state index contributed by atoms with van der Waals surface area (Å²) < 4.78 is 9.76. The van der Waals surface area contributed by atoms with E-state index in [1.54, 1.807) is 7.11 Å². The first-order valence-corrected chi connectivity index (χ1v) is 3.78. The Morgan fingerprint density at radius 1 is 1.56 bits per heavy atom. The van der Waals surface area contributed by atoms with Crippen LogP contribution in [-0.2, 0) is 9.05 Å². The number of rotatable bonds is 6. The molecule has 0 aromatic rings. The summed E-state index contributed by atoms with van der Waals surface area (Å²) in [7, 11) is 3.76. The molecule has 0 radical (unpaired) electrons. The average Bonchev–Trinajstić information content (AvgIpc) is 1.89. The van der Waals surface area contributed by atoms with E-state index >= 15 is 0 Å². The zero-order chi connectivity index (χ0) is 6.95. The van der Waals surface area contributed by atoms with Crippen LogP contribution in [-0.4, -0.2) is 27.3 Å². The molecule has 0 aliphatic carbocycles. The van der Waals surface area contributed by atoms with Crippen LogP contribution in [0.5, 0.6) is 0 Å². The highest BCUT2D eigenvalue weighted by Gasteiger charge is 1.84. The molecule has 0 heterocycles. The van der Waals surface area contributed by atoms with E-state index < -0.39 is 0 Å². The lowest BCUT2D eigenvalue weighted by Crippen LogP contribution is -2.09. The third-order valence-corrected chi connectivity index (χ3v) is 1.30. The van der Waals surface area contributed by atoms with Crippen LogP contribution in [0.3, 0.4) is 0 Å². The van der Waals surface area contributed by atoms with E-state index in [0.717, 1.165) is 19.6 Å². The molecule has 0 saturated heterocycles. The largest absolute Gasteiger partial charge is 0.340 e. The minimum absolute atomic E-state index is 0.198. The second-order valence-electron chi connectivity index (χ2n) is 1.59. The van der Waals surface area contributed by atoms with E-state index in [2.05, 4.69) is 5.32 Å². The molecule has 1 unspecified atom stereocenters. The van der Waals surface area contributed by atoms with Gasteiger partial charge in [0.2, 0.25) is 0 Å². The second kappa shape index (κ2) is 8.31. The van der Waals surface area contributed by atoms with Gasteiger partial charge in [0.15, 0.2) is 9.03 Å². The first-order valence-electron chi connectivity index (χ1n) is 2.96. The van der Waals surface area contributed by atoms with Crippen molar-refractivity contribution in [1.29, 1.82) is 0 Å². The van der Waals surface area contributed by atoms with Gasteiger partial charge in [-0.05, 0) is 20.0 Å². The zero-order valence-electron chi connectivity index (χ0n) is 5.94. The SMILES string of the molecule is CNCCCOPOC. The Morgan fingerprint density at radius 3 is 2.89 bits per heavy atom. The molecule has 0 spiro atoms. The van der Waals surface area contributed by atoms with Gasteiger partial charge in [0.1, 0.15) is 0 Å². The standard InChI is InChI=1S/C5H14NO2P/c1-6-4-3-5-8-9-7-2/h6,9H,3-5H2,1-2H3. The minimum Gasteiger partial charge on any atom is -0.340 e. The lowest BCUT2D eigenvalue weighted by atomic mass is 10.5. The molecular weight excluding hydrogens is 137 g/mol. The van der Waals surface area contributed by atoms with Gasteiger partial charge in [-0.25, -0.2) is 0 Å². The Morgan fingerprint density at radius 2 is 2.33 bits per heavy atom. The molecule has 0 amide bonds. The van der Waals surface area contributed by atoms with Crippen LogP contribution in [0.2, 0.25) is 0 Å². The molecule has 56 valence electrons. The maximum absolute atomic E-state index is 5.05. The van der Waals surface area contributed by atoms with Crippen LogP contribution >= 0.6 is 9.03 Å². The van der Waals surface area contributed by atoms with Gasteiger partial charge in [-0.1, -0.05) is 0 Å². The van der Waals surface area contributed by atoms with Crippen molar-refractivity contribution in [2.45, 2.75) is 6.42 Å². The number of hydrogen-bond donors (Lipinski definition) is 1. The predicted octanol–water partition coefficient (Wildman–Crippen LogP) is 0.767. The Bertz CT molecular complexity index is 48.2. The third kappa shape index (κ3) is 8.31. The normalized spacial score (nSPS) is 11.3. The molecule has 1 atom stereocenters. The molecule has 1 N–H and O–H groups in total. The topological polar surface area (TPSA) is 30.5 Å². The molecule has 0 aromatic carbocycles. The van der Waals surface area contributed by atoms with Gasteiger partial charge in [-0.3, -0.25) is 0 Å². The van der Waals surface area contributed by atoms with Crippen LogP contribution < -0.4 is 5.32 Å². The van der Waals surface area contributed by atoms with Gasteiger partial charge in [0, 0.05) is 7.11 Å². The first-order chi connectivity index (χ1) is 4.41. The van der Waals surface area contributed by atoms with Crippen molar-refractivity contribution in [2.75, 3.05) is 27.3 Å². The van der Waals surface area contributed by atoms with Crippen LogP contribution in [0, 0.1) is 0 Å². The van der Waals surface area contributed by atoms with Crippen molar-refractivity contribution in [1.82, 2.24) is 5.32 Å². The van der Waals surface area contributed by atoms with Gasteiger partial charge in [0.25, 0.3) is 0 Å². The van der Waals surface area contributed by atoms with E-state index in [9.17, 15) is 0 Å². The molecule has 0 bridgehead atoms. The first kappa shape index (κ1) is 9.31. The van der Waals surface area contributed by atoms with Crippen molar-refractivity contribution in [3.8, 4) is 0 Å². The highest BCUT2D eigenvalue weighted by Crippen LogP contribution is 2.10. The lowest BCUT2D eigenvalue weighted by Gasteiger charge is -1.99. The molecule has 3 nitrogen and oxygen atoms in total. The molecule has 9 heavy (non-hydrogen) atoms. The van der Waals surface area contributed by atoms with Crippen molar-refractivity contribution in [2.24, 2.45) is 0 Å². The number of nitrogens with one attached hydrogen (secondary N) is 1. The zero-order valence-corrected chi connectivity index (χ0v) is 6.94. The van der Waals surface area contributed by atoms with Crippen molar-refractivity contribution in [3.63, 3.8) is 0 Å². The molecular formula is C5H14NO2P. The second-order valence-corrected chi connectivity index (χ2v) is 2.46. The minimum atomic E-state index is 0.198. The maximum Gasteiger partial charge on any atom is 0.154 e. The quantitative estimate of drug-likeness (QED) is 0.449. The van der Waals surface area contributed by atoms with Crippen LogP contribution in [0.25, 0.3) is 0 Å². The fraction of sp³-hybridized carbons (Fsp3) is 1.00. The van der Waals surface area contributed by atoms with E-state index in [4.69, 9.17) is 9.05 Å². The lowest BCUT2D eigenvalue weighted by molar-refractivity contribution is 0.296.